The fourth-order valence-electron chi connectivity index (χ4n) is 2.20. The maximum absolute atomic E-state index is 11.6. The van der Waals surface area contributed by atoms with E-state index in [9.17, 15) is 4.79 Å². The van der Waals surface area contributed by atoms with Crippen LogP contribution in [0.15, 0.2) is 0 Å². The van der Waals surface area contributed by atoms with Crippen LogP contribution in [0.4, 0.5) is 0 Å². The van der Waals surface area contributed by atoms with Crippen LogP contribution in [0.2, 0.25) is 0 Å². The number of amides is 1. The summed E-state index contributed by atoms with van der Waals surface area (Å²) in [4.78, 5) is 16.6. The molecule has 1 fully saturated rings. The molecule has 0 spiro atoms. The lowest BCUT2D eigenvalue weighted by Crippen LogP contribution is -2.61. The molecule has 0 aliphatic carbocycles. The highest BCUT2D eigenvalue weighted by atomic mass is 32.1. The van der Waals surface area contributed by atoms with Gasteiger partial charge in [-0.05, 0) is 20.8 Å². The number of nitrogens with zero attached hydrogens (tertiary/aromatic N) is 2. The van der Waals surface area contributed by atoms with Crippen molar-refractivity contribution in [3.63, 3.8) is 0 Å². The van der Waals surface area contributed by atoms with E-state index < -0.39 is 0 Å². The van der Waals surface area contributed by atoms with Gasteiger partial charge in [0.05, 0.1) is 16.6 Å². The van der Waals surface area contributed by atoms with Gasteiger partial charge in [-0.2, -0.15) is 0 Å². The molecule has 0 saturated carbocycles. The van der Waals surface area contributed by atoms with E-state index in [0.717, 1.165) is 26.2 Å². The first-order valence-corrected chi connectivity index (χ1v) is 6.72. The molecule has 1 atom stereocenters. The Morgan fingerprint density at radius 3 is 2.22 bits per heavy atom. The monoisotopic (exact) mass is 272 g/mol. The summed E-state index contributed by atoms with van der Waals surface area (Å²) >= 11 is 5.11. The molecule has 1 unspecified atom stereocenters. The van der Waals surface area contributed by atoms with Gasteiger partial charge in [-0.3, -0.25) is 14.6 Å². The van der Waals surface area contributed by atoms with Crippen LogP contribution in [-0.4, -0.2) is 65.5 Å². The molecule has 0 aromatic heterocycles. The Balaban J connectivity index is 2.56. The highest BCUT2D eigenvalue weighted by molar-refractivity contribution is 7.80. The summed E-state index contributed by atoms with van der Waals surface area (Å²) in [6, 6.07) is -0.0786. The predicted molar refractivity (Wildman–Crippen MR) is 77.5 cm³/mol. The molecule has 3 N–H and O–H groups in total. The van der Waals surface area contributed by atoms with Crippen LogP contribution in [0.1, 0.15) is 20.8 Å². The molecular formula is C12H24N4OS. The van der Waals surface area contributed by atoms with Gasteiger partial charge in [0, 0.05) is 33.2 Å². The minimum atomic E-state index is -0.252. The van der Waals surface area contributed by atoms with Crippen molar-refractivity contribution in [2.45, 2.75) is 32.4 Å². The van der Waals surface area contributed by atoms with E-state index in [1.165, 1.54) is 0 Å². The van der Waals surface area contributed by atoms with E-state index in [0.29, 0.717) is 4.99 Å². The summed E-state index contributed by atoms with van der Waals surface area (Å²) in [5.74, 6) is 0.0667. The van der Waals surface area contributed by atoms with Crippen LogP contribution < -0.4 is 11.1 Å². The zero-order valence-corrected chi connectivity index (χ0v) is 12.5. The molecule has 0 radical (unpaired) electrons. The number of nitrogens with one attached hydrogen (secondary N) is 1. The number of likely N-dealkylation sites (N-methyl/N-ethyl adjacent to an activating group) is 1. The topological polar surface area (TPSA) is 61.6 Å². The Morgan fingerprint density at radius 2 is 1.83 bits per heavy atom. The van der Waals surface area contributed by atoms with E-state index >= 15 is 0 Å². The zero-order chi connectivity index (χ0) is 13.9. The number of hydrogen-bond acceptors (Lipinski definition) is 4. The third-order valence-corrected chi connectivity index (χ3v) is 4.38. The standard InChI is InChI=1S/C12H24N4OS/c1-9(10(17)14-4)15-5-7-16(8-6-15)12(2,3)11(13)18/h9H,5-8H2,1-4H3,(H2,13,18)(H,14,17). The molecule has 1 aliphatic rings. The second-order valence-electron chi connectivity index (χ2n) is 5.24. The molecule has 1 heterocycles. The zero-order valence-electron chi connectivity index (χ0n) is 11.7. The average Bonchev–Trinajstić information content (AvgIpc) is 2.36. The van der Waals surface area contributed by atoms with Crippen LogP contribution in [0.5, 0.6) is 0 Å². The van der Waals surface area contributed by atoms with Crippen molar-refractivity contribution in [1.29, 1.82) is 0 Å². The highest BCUT2D eigenvalue weighted by Crippen LogP contribution is 2.18. The van der Waals surface area contributed by atoms with Gasteiger partial charge in [-0.1, -0.05) is 12.2 Å². The number of piperazine rings is 1. The van der Waals surface area contributed by atoms with Gasteiger partial charge in [0.25, 0.3) is 0 Å². The first-order valence-electron chi connectivity index (χ1n) is 6.31. The lowest BCUT2D eigenvalue weighted by molar-refractivity contribution is -0.126. The molecule has 1 saturated heterocycles. The Labute approximate surface area is 115 Å². The second-order valence-corrected chi connectivity index (χ2v) is 5.68. The smallest absolute Gasteiger partial charge is 0.236 e. The molecule has 1 rings (SSSR count). The van der Waals surface area contributed by atoms with E-state index in [1.807, 2.05) is 20.8 Å². The minimum Gasteiger partial charge on any atom is -0.392 e. The van der Waals surface area contributed by atoms with Crippen molar-refractivity contribution in [1.82, 2.24) is 15.1 Å². The molecule has 18 heavy (non-hydrogen) atoms. The fourth-order valence-corrected chi connectivity index (χ4v) is 2.33. The van der Waals surface area contributed by atoms with Crippen molar-refractivity contribution in [3.05, 3.63) is 0 Å². The van der Waals surface area contributed by atoms with Crippen LogP contribution >= 0.6 is 12.2 Å². The van der Waals surface area contributed by atoms with Crippen molar-refractivity contribution < 1.29 is 4.79 Å². The third kappa shape index (κ3) is 3.18. The average molecular weight is 272 g/mol. The Kier molecular flexibility index (Phi) is 5.07. The number of carbonyl (C=O) groups is 1. The van der Waals surface area contributed by atoms with Crippen LogP contribution in [0.25, 0.3) is 0 Å². The quantitative estimate of drug-likeness (QED) is 0.694. The van der Waals surface area contributed by atoms with Gasteiger partial charge >= 0.3 is 0 Å². The molecule has 104 valence electrons. The normalized spacial score (nSPS) is 20.4. The van der Waals surface area contributed by atoms with Gasteiger partial charge in [0.2, 0.25) is 5.91 Å². The number of thiocarbonyl (C=S) groups is 1. The molecule has 0 bridgehead atoms. The molecule has 1 aliphatic heterocycles. The first-order chi connectivity index (χ1) is 8.30. The summed E-state index contributed by atoms with van der Waals surface area (Å²) in [7, 11) is 1.67. The van der Waals surface area contributed by atoms with Crippen LogP contribution in [0, 0.1) is 0 Å². The van der Waals surface area contributed by atoms with E-state index in [1.54, 1.807) is 7.05 Å². The highest BCUT2D eigenvalue weighted by Gasteiger charge is 2.34. The lowest BCUT2D eigenvalue weighted by atomic mass is 10.0. The summed E-state index contributed by atoms with van der Waals surface area (Å²) in [5.41, 5.74) is 5.53. The van der Waals surface area contributed by atoms with Crippen molar-refractivity contribution in [2.75, 3.05) is 33.2 Å². The lowest BCUT2D eigenvalue weighted by Gasteiger charge is -2.44. The predicted octanol–water partition coefficient (Wildman–Crippen LogP) is -0.197. The molecule has 0 aromatic carbocycles. The Hall–Kier alpha value is -0.720. The van der Waals surface area contributed by atoms with E-state index in [2.05, 4.69) is 15.1 Å². The second kappa shape index (κ2) is 5.95. The van der Waals surface area contributed by atoms with Crippen molar-refractivity contribution >= 4 is 23.1 Å². The number of rotatable bonds is 4. The molecular weight excluding hydrogens is 248 g/mol. The number of nitrogens with two attached hydrogens (primary N) is 1. The maximum Gasteiger partial charge on any atom is 0.236 e. The van der Waals surface area contributed by atoms with Crippen molar-refractivity contribution in [3.8, 4) is 0 Å². The summed E-state index contributed by atoms with van der Waals surface area (Å²) in [5, 5.41) is 2.69. The Morgan fingerprint density at radius 1 is 1.33 bits per heavy atom. The molecule has 0 aromatic rings. The molecule has 1 amide bonds. The van der Waals surface area contributed by atoms with Gasteiger partial charge in [0.1, 0.15) is 0 Å². The van der Waals surface area contributed by atoms with Crippen LogP contribution in [0.3, 0.4) is 0 Å². The molecule has 5 nitrogen and oxygen atoms in total. The largest absolute Gasteiger partial charge is 0.392 e. The van der Waals surface area contributed by atoms with Gasteiger partial charge < -0.3 is 11.1 Å². The summed E-state index contributed by atoms with van der Waals surface area (Å²) in [6.45, 7) is 9.52. The maximum atomic E-state index is 11.6. The van der Waals surface area contributed by atoms with Gasteiger partial charge in [0.15, 0.2) is 0 Å². The minimum absolute atomic E-state index is 0.0667. The fraction of sp³-hybridized carbons (Fsp3) is 0.833. The SMILES string of the molecule is CNC(=O)C(C)N1CCN(C(C)(C)C(N)=S)CC1. The first kappa shape index (κ1) is 15.3. The number of hydrogen-bond donors (Lipinski definition) is 2. The third-order valence-electron chi connectivity index (χ3n) is 3.88. The molecule has 6 heteroatoms. The Bertz CT molecular complexity index is 324. The van der Waals surface area contributed by atoms with E-state index in [-0.39, 0.29) is 17.5 Å². The van der Waals surface area contributed by atoms with Crippen LogP contribution in [-0.2, 0) is 4.79 Å². The van der Waals surface area contributed by atoms with Gasteiger partial charge in [-0.25, -0.2) is 0 Å². The van der Waals surface area contributed by atoms with E-state index in [4.69, 9.17) is 18.0 Å². The number of carbonyl (C=O) groups excluding carboxylic acids is 1. The summed E-state index contributed by atoms with van der Waals surface area (Å²) in [6.07, 6.45) is 0. The summed E-state index contributed by atoms with van der Waals surface area (Å²) < 4.78 is 0. The van der Waals surface area contributed by atoms with Crippen molar-refractivity contribution in [2.24, 2.45) is 5.73 Å². The van der Waals surface area contributed by atoms with Gasteiger partial charge in [-0.15, -0.1) is 0 Å².